The number of anilines is 1. The van der Waals surface area contributed by atoms with Crippen LogP contribution in [-0.4, -0.2) is 59.5 Å². The zero-order valence-corrected chi connectivity index (χ0v) is 12.7. The fourth-order valence-electron chi connectivity index (χ4n) is 3.33. The van der Waals surface area contributed by atoms with Gasteiger partial charge in [0.1, 0.15) is 12.1 Å². The Kier molecular flexibility index (Phi) is 4.05. The summed E-state index contributed by atoms with van der Waals surface area (Å²) in [6, 6.07) is 2.61. The highest BCUT2D eigenvalue weighted by atomic mass is 16.2. The minimum absolute atomic E-state index is 0.0950. The van der Waals surface area contributed by atoms with Gasteiger partial charge >= 0.3 is 0 Å². The molecule has 114 valence electrons. The fraction of sp³-hybridized carbons (Fsp3) is 0.667. The molecule has 3 rings (SSSR count). The van der Waals surface area contributed by atoms with Crippen LogP contribution in [0, 0.1) is 6.92 Å². The lowest BCUT2D eigenvalue weighted by molar-refractivity contribution is -0.124. The van der Waals surface area contributed by atoms with Crippen molar-refractivity contribution in [3.8, 4) is 0 Å². The second-order valence-corrected chi connectivity index (χ2v) is 5.99. The SMILES string of the molecule is Cc1cc(N(C)C2CCN(C3CCNC3=O)CC2)ncn1. The minimum Gasteiger partial charge on any atom is -0.356 e. The zero-order chi connectivity index (χ0) is 14.8. The van der Waals surface area contributed by atoms with Crippen LogP contribution in [0.2, 0.25) is 0 Å². The van der Waals surface area contributed by atoms with Crippen molar-refractivity contribution in [2.75, 3.05) is 31.6 Å². The van der Waals surface area contributed by atoms with Gasteiger partial charge in [-0.2, -0.15) is 0 Å². The first-order valence-corrected chi connectivity index (χ1v) is 7.68. The molecule has 2 fully saturated rings. The number of rotatable bonds is 3. The van der Waals surface area contributed by atoms with E-state index in [0.29, 0.717) is 6.04 Å². The highest BCUT2D eigenvalue weighted by molar-refractivity contribution is 5.83. The molecule has 1 N–H and O–H groups in total. The molecule has 3 heterocycles. The lowest BCUT2D eigenvalue weighted by Crippen LogP contribution is -2.49. The average molecular weight is 289 g/mol. The molecule has 1 unspecified atom stereocenters. The van der Waals surface area contributed by atoms with Gasteiger partial charge in [0, 0.05) is 44.5 Å². The van der Waals surface area contributed by atoms with Crippen LogP contribution in [0.15, 0.2) is 12.4 Å². The van der Waals surface area contributed by atoms with Gasteiger partial charge in [-0.05, 0) is 26.2 Å². The van der Waals surface area contributed by atoms with Crippen LogP contribution in [0.5, 0.6) is 0 Å². The third-order valence-electron chi connectivity index (χ3n) is 4.66. The molecule has 1 aromatic heterocycles. The van der Waals surface area contributed by atoms with Crippen LogP contribution in [0.3, 0.4) is 0 Å². The van der Waals surface area contributed by atoms with Crippen molar-refractivity contribution in [3.63, 3.8) is 0 Å². The number of nitrogens with one attached hydrogen (secondary N) is 1. The van der Waals surface area contributed by atoms with Gasteiger partial charge in [0.15, 0.2) is 0 Å². The molecule has 1 aromatic rings. The first-order chi connectivity index (χ1) is 10.1. The quantitative estimate of drug-likeness (QED) is 0.882. The topological polar surface area (TPSA) is 61.4 Å². The third-order valence-corrected chi connectivity index (χ3v) is 4.66. The summed E-state index contributed by atoms with van der Waals surface area (Å²) < 4.78 is 0. The van der Waals surface area contributed by atoms with Crippen LogP contribution in [0.25, 0.3) is 0 Å². The van der Waals surface area contributed by atoms with E-state index in [0.717, 1.165) is 50.4 Å². The maximum Gasteiger partial charge on any atom is 0.237 e. The van der Waals surface area contributed by atoms with Gasteiger partial charge in [0.05, 0.1) is 6.04 Å². The predicted molar refractivity (Wildman–Crippen MR) is 81.2 cm³/mol. The van der Waals surface area contributed by atoms with Gasteiger partial charge in [-0.25, -0.2) is 9.97 Å². The minimum atomic E-state index is 0.0950. The maximum atomic E-state index is 11.8. The van der Waals surface area contributed by atoms with E-state index in [9.17, 15) is 4.79 Å². The largest absolute Gasteiger partial charge is 0.356 e. The third kappa shape index (κ3) is 3.00. The van der Waals surface area contributed by atoms with E-state index in [-0.39, 0.29) is 11.9 Å². The van der Waals surface area contributed by atoms with Crippen LogP contribution in [-0.2, 0) is 4.79 Å². The number of likely N-dealkylation sites (tertiary alicyclic amines) is 1. The molecule has 1 atom stereocenters. The predicted octanol–water partition coefficient (Wildman–Crippen LogP) is 0.574. The molecule has 2 aliphatic heterocycles. The Balaban J connectivity index is 1.59. The van der Waals surface area contributed by atoms with E-state index < -0.39 is 0 Å². The lowest BCUT2D eigenvalue weighted by Gasteiger charge is -2.39. The van der Waals surface area contributed by atoms with E-state index in [1.807, 2.05) is 13.0 Å². The van der Waals surface area contributed by atoms with Crippen LogP contribution in [0.4, 0.5) is 5.82 Å². The Bertz CT molecular complexity index is 513. The van der Waals surface area contributed by atoms with E-state index >= 15 is 0 Å². The molecular weight excluding hydrogens is 266 g/mol. The molecule has 0 saturated carbocycles. The van der Waals surface area contributed by atoms with Gasteiger partial charge in [0.25, 0.3) is 0 Å². The number of nitrogens with zero attached hydrogens (tertiary/aromatic N) is 4. The summed E-state index contributed by atoms with van der Waals surface area (Å²) in [6.45, 7) is 4.78. The highest BCUT2D eigenvalue weighted by Gasteiger charge is 2.33. The lowest BCUT2D eigenvalue weighted by atomic mass is 10.0. The summed E-state index contributed by atoms with van der Waals surface area (Å²) in [4.78, 5) is 24.9. The molecule has 0 spiro atoms. The smallest absolute Gasteiger partial charge is 0.237 e. The molecule has 0 aromatic carbocycles. The number of carbonyl (C=O) groups is 1. The second kappa shape index (κ2) is 5.97. The van der Waals surface area contributed by atoms with Crippen molar-refractivity contribution >= 4 is 11.7 Å². The van der Waals surface area contributed by atoms with Crippen LogP contribution >= 0.6 is 0 Å². The Morgan fingerprint density at radius 3 is 2.67 bits per heavy atom. The standard InChI is InChI=1S/C15H23N5O/c1-11-9-14(18-10-17-11)19(2)12-4-7-20(8-5-12)13-3-6-16-15(13)21/h9-10,12-13H,3-8H2,1-2H3,(H,16,21). The summed E-state index contributed by atoms with van der Waals surface area (Å²) >= 11 is 0. The Labute approximate surface area is 125 Å². The number of carbonyl (C=O) groups excluding carboxylic acids is 1. The van der Waals surface area contributed by atoms with Crippen molar-refractivity contribution in [2.45, 2.75) is 38.3 Å². The number of amides is 1. The van der Waals surface area contributed by atoms with Crippen molar-refractivity contribution in [2.24, 2.45) is 0 Å². The van der Waals surface area contributed by atoms with Crippen molar-refractivity contribution in [1.82, 2.24) is 20.2 Å². The van der Waals surface area contributed by atoms with Gasteiger partial charge in [-0.1, -0.05) is 0 Å². The molecule has 6 nitrogen and oxygen atoms in total. The van der Waals surface area contributed by atoms with Gasteiger partial charge in [0.2, 0.25) is 5.91 Å². The molecule has 6 heteroatoms. The molecule has 0 aliphatic carbocycles. The number of piperidine rings is 1. The van der Waals surface area contributed by atoms with Gasteiger partial charge < -0.3 is 10.2 Å². The molecule has 0 bridgehead atoms. The summed E-state index contributed by atoms with van der Waals surface area (Å²) in [6.07, 6.45) is 4.72. The molecule has 2 saturated heterocycles. The summed E-state index contributed by atoms with van der Waals surface area (Å²) in [5.41, 5.74) is 0.993. The van der Waals surface area contributed by atoms with Gasteiger partial charge in [-0.3, -0.25) is 9.69 Å². The number of aryl methyl sites for hydroxylation is 1. The Morgan fingerprint density at radius 2 is 2.05 bits per heavy atom. The Hall–Kier alpha value is -1.69. The van der Waals surface area contributed by atoms with E-state index in [1.165, 1.54) is 0 Å². The van der Waals surface area contributed by atoms with Crippen LogP contribution < -0.4 is 10.2 Å². The highest BCUT2D eigenvalue weighted by Crippen LogP contribution is 2.23. The maximum absolute atomic E-state index is 11.8. The first kappa shape index (κ1) is 14.3. The molecule has 2 aliphatic rings. The van der Waals surface area contributed by atoms with Gasteiger partial charge in [-0.15, -0.1) is 0 Å². The van der Waals surface area contributed by atoms with E-state index in [4.69, 9.17) is 0 Å². The molecule has 1 amide bonds. The number of hydrogen-bond donors (Lipinski definition) is 1. The second-order valence-electron chi connectivity index (χ2n) is 5.99. The Morgan fingerprint density at radius 1 is 1.29 bits per heavy atom. The first-order valence-electron chi connectivity index (χ1n) is 7.68. The molecular formula is C15H23N5O. The zero-order valence-electron chi connectivity index (χ0n) is 12.7. The normalized spacial score (nSPS) is 24.1. The number of aromatic nitrogens is 2. The van der Waals surface area contributed by atoms with E-state index in [1.54, 1.807) is 6.33 Å². The van der Waals surface area contributed by atoms with Crippen molar-refractivity contribution in [1.29, 1.82) is 0 Å². The summed E-state index contributed by atoms with van der Waals surface area (Å²) in [7, 11) is 2.10. The summed E-state index contributed by atoms with van der Waals surface area (Å²) in [5, 5.41) is 2.92. The van der Waals surface area contributed by atoms with E-state index in [2.05, 4.69) is 32.1 Å². The van der Waals surface area contributed by atoms with Crippen molar-refractivity contribution < 1.29 is 4.79 Å². The number of hydrogen-bond acceptors (Lipinski definition) is 5. The summed E-state index contributed by atoms with van der Waals surface area (Å²) in [5.74, 6) is 1.19. The fourth-order valence-corrected chi connectivity index (χ4v) is 3.33. The average Bonchev–Trinajstić information content (AvgIpc) is 2.93. The monoisotopic (exact) mass is 289 g/mol. The van der Waals surface area contributed by atoms with Crippen LogP contribution in [0.1, 0.15) is 25.0 Å². The van der Waals surface area contributed by atoms with Crippen molar-refractivity contribution in [3.05, 3.63) is 18.1 Å². The molecule has 0 radical (unpaired) electrons. The molecule has 21 heavy (non-hydrogen) atoms.